The zero-order chi connectivity index (χ0) is 14.5. The number of urea groups is 1. The van der Waals surface area contributed by atoms with Crippen LogP contribution < -0.4 is 5.32 Å². The smallest absolute Gasteiger partial charge is 0.326 e. The van der Waals surface area contributed by atoms with E-state index in [1.54, 1.807) is 11.1 Å². The second-order valence-electron chi connectivity index (χ2n) is 4.91. The van der Waals surface area contributed by atoms with Crippen LogP contribution in [0.25, 0.3) is 0 Å². The highest BCUT2D eigenvalue weighted by molar-refractivity contribution is 5.82. The molecule has 1 aromatic rings. The van der Waals surface area contributed by atoms with Gasteiger partial charge in [-0.25, -0.2) is 14.6 Å². The number of piperazine rings is 1. The molecule has 8 nitrogen and oxygen atoms in total. The summed E-state index contributed by atoms with van der Waals surface area (Å²) in [4.78, 5) is 33.7. The Bertz CT molecular complexity index is 454. The number of amides is 2. The fourth-order valence-corrected chi connectivity index (χ4v) is 2.07. The zero-order valence-electron chi connectivity index (χ0n) is 11.4. The molecule has 0 aliphatic carbocycles. The summed E-state index contributed by atoms with van der Waals surface area (Å²) >= 11 is 0. The highest BCUT2D eigenvalue weighted by Gasteiger charge is 2.25. The van der Waals surface area contributed by atoms with Gasteiger partial charge in [0.25, 0.3) is 0 Å². The fourth-order valence-electron chi connectivity index (χ4n) is 2.07. The Hall–Kier alpha value is -2.09. The second-order valence-corrected chi connectivity index (χ2v) is 4.91. The first-order valence-corrected chi connectivity index (χ1v) is 6.50. The number of hydrogen-bond acceptors (Lipinski definition) is 4. The molecule has 0 spiro atoms. The molecule has 0 bridgehead atoms. The summed E-state index contributed by atoms with van der Waals surface area (Å²) in [5, 5.41) is 11.7. The Morgan fingerprint density at radius 2 is 2.15 bits per heavy atom. The summed E-state index contributed by atoms with van der Waals surface area (Å²) in [5.74, 6) is -1.05. The Balaban J connectivity index is 1.90. The van der Waals surface area contributed by atoms with Gasteiger partial charge in [-0.3, -0.25) is 0 Å². The molecule has 0 aromatic carbocycles. The third-order valence-corrected chi connectivity index (χ3v) is 3.37. The minimum absolute atomic E-state index is 0.189. The van der Waals surface area contributed by atoms with E-state index >= 15 is 0 Å². The lowest BCUT2D eigenvalue weighted by Crippen LogP contribution is -2.54. The van der Waals surface area contributed by atoms with E-state index in [1.165, 1.54) is 6.33 Å². The lowest BCUT2D eigenvalue weighted by molar-refractivity contribution is -0.139. The molecule has 1 unspecified atom stereocenters. The van der Waals surface area contributed by atoms with E-state index in [0.29, 0.717) is 18.8 Å². The largest absolute Gasteiger partial charge is 0.480 e. The van der Waals surface area contributed by atoms with Crippen LogP contribution in [0.5, 0.6) is 0 Å². The van der Waals surface area contributed by atoms with Gasteiger partial charge < -0.3 is 25.2 Å². The van der Waals surface area contributed by atoms with Crippen LogP contribution in [0, 0.1) is 0 Å². The van der Waals surface area contributed by atoms with Crippen molar-refractivity contribution in [1.82, 2.24) is 25.1 Å². The Morgan fingerprint density at radius 1 is 1.45 bits per heavy atom. The van der Waals surface area contributed by atoms with Gasteiger partial charge in [-0.2, -0.15) is 0 Å². The number of nitrogens with zero attached hydrogens (tertiary/aromatic N) is 3. The van der Waals surface area contributed by atoms with E-state index in [9.17, 15) is 14.7 Å². The van der Waals surface area contributed by atoms with E-state index < -0.39 is 12.0 Å². The van der Waals surface area contributed by atoms with Gasteiger partial charge in [-0.15, -0.1) is 0 Å². The van der Waals surface area contributed by atoms with Crippen LogP contribution in [-0.4, -0.2) is 76.1 Å². The molecule has 20 heavy (non-hydrogen) atoms. The van der Waals surface area contributed by atoms with E-state index in [-0.39, 0.29) is 12.5 Å². The second kappa shape index (κ2) is 6.38. The van der Waals surface area contributed by atoms with Crippen LogP contribution in [0.4, 0.5) is 4.79 Å². The predicted molar refractivity (Wildman–Crippen MR) is 71.3 cm³/mol. The maximum atomic E-state index is 12.1. The zero-order valence-corrected chi connectivity index (χ0v) is 11.4. The summed E-state index contributed by atoms with van der Waals surface area (Å²) in [6, 6.07) is -1.28. The third-order valence-electron chi connectivity index (χ3n) is 3.37. The summed E-state index contributed by atoms with van der Waals surface area (Å²) in [5.41, 5.74) is 0.677. The molecule has 1 atom stereocenters. The molecule has 1 fully saturated rings. The monoisotopic (exact) mass is 281 g/mol. The molecule has 2 amide bonds. The number of carbonyl (C=O) groups is 2. The minimum Gasteiger partial charge on any atom is -0.480 e. The number of carboxylic acid groups (broad SMARTS) is 1. The molecule has 0 saturated carbocycles. The van der Waals surface area contributed by atoms with E-state index in [2.05, 4.69) is 20.2 Å². The summed E-state index contributed by atoms with van der Waals surface area (Å²) in [7, 11) is 1.99. The van der Waals surface area contributed by atoms with Gasteiger partial charge in [-0.1, -0.05) is 0 Å². The van der Waals surface area contributed by atoms with Gasteiger partial charge in [0.1, 0.15) is 6.04 Å². The van der Waals surface area contributed by atoms with Gasteiger partial charge >= 0.3 is 12.0 Å². The average Bonchev–Trinajstić information content (AvgIpc) is 2.91. The summed E-state index contributed by atoms with van der Waals surface area (Å²) in [6.07, 6.45) is 3.23. The van der Waals surface area contributed by atoms with Crippen LogP contribution in [0.15, 0.2) is 12.5 Å². The van der Waals surface area contributed by atoms with Gasteiger partial charge in [0.2, 0.25) is 0 Å². The molecule has 1 aliphatic heterocycles. The first-order chi connectivity index (χ1) is 9.56. The van der Waals surface area contributed by atoms with Gasteiger partial charge in [-0.05, 0) is 7.05 Å². The number of carboxylic acids is 1. The maximum Gasteiger partial charge on any atom is 0.326 e. The molecule has 8 heteroatoms. The Morgan fingerprint density at radius 3 is 2.70 bits per heavy atom. The molecule has 2 heterocycles. The molecule has 2 rings (SSSR count). The number of likely N-dealkylation sites (N-methyl/N-ethyl adjacent to an activating group) is 1. The first-order valence-electron chi connectivity index (χ1n) is 6.50. The molecule has 3 N–H and O–H groups in total. The number of hydrogen-bond donors (Lipinski definition) is 3. The number of imidazole rings is 1. The third kappa shape index (κ3) is 3.70. The number of aromatic amines is 1. The molecule has 0 radical (unpaired) electrons. The number of carbonyl (C=O) groups excluding carboxylic acids is 1. The normalized spacial score (nSPS) is 17.8. The van der Waals surface area contributed by atoms with Gasteiger partial charge in [0, 0.05) is 44.5 Å². The van der Waals surface area contributed by atoms with Crippen LogP contribution >= 0.6 is 0 Å². The quantitative estimate of drug-likeness (QED) is 0.681. The van der Waals surface area contributed by atoms with Crippen molar-refractivity contribution in [1.29, 1.82) is 0 Å². The topological polar surface area (TPSA) is 102 Å². The molecular weight excluding hydrogens is 262 g/mol. The molecule has 1 saturated heterocycles. The summed E-state index contributed by atoms with van der Waals surface area (Å²) in [6.45, 7) is 2.81. The average molecular weight is 281 g/mol. The predicted octanol–water partition coefficient (Wildman–Crippen LogP) is -0.638. The van der Waals surface area contributed by atoms with Crippen LogP contribution in [0.1, 0.15) is 5.69 Å². The van der Waals surface area contributed by atoms with E-state index in [0.717, 1.165) is 13.1 Å². The van der Waals surface area contributed by atoms with Crippen molar-refractivity contribution in [3.63, 3.8) is 0 Å². The maximum absolute atomic E-state index is 12.1. The fraction of sp³-hybridized carbons (Fsp3) is 0.583. The molecule has 1 aromatic heterocycles. The highest BCUT2D eigenvalue weighted by atomic mass is 16.4. The van der Waals surface area contributed by atoms with Crippen molar-refractivity contribution >= 4 is 12.0 Å². The minimum atomic E-state index is -1.05. The highest BCUT2D eigenvalue weighted by Crippen LogP contribution is 2.03. The standard InChI is InChI=1S/C12H19N5O3/c1-16-2-4-17(5-3-16)12(20)15-10(11(18)19)6-9-7-13-8-14-9/h7-8,10H,2-6H2,1H3,(H,13,14)(H,15,20)(H,18,19). The van der Waals surface area contributed by atoms with Gasteiger partial charge in [0.15, 0.2) is 0 Å². The summed E-state index contributed by atoms with van der Waals surface area (Å²) < 4.78 is 0. The van der Waals surface area contributed by atoms with Crippen LogP contribution in [0.3, 0.4) is 0 Å². The van der Waals surface area contributed by atoms with Crippen molar-refractivity contribution in [2.75, 3.05) is 33.2 Å². The van der Waals surface area contributed by atoms with Gasteiger partial charge in [0.05, 0.1) is 6.33 Å². The van der Waals surface area contributed by atoms with Crippen molar-refractivity contribution in [2.45, 2.75) is 12.5 Å². The number of rotatable bonds is 4. The molecule has 1 aliphatic rings. The van der Waals surface area contributed by atoms with E-state index in [1.807, 2.05) is 7.05 Å². The first kappa shape index (κ1) is 14.3. The van der Waals surface area contributed by atoms with Crippen molar-refractivity contribution in [2.24, 2.45) is 0 Å². The molecular formula is C12H19N5O3. The number of aromatic nitrogens is 2. The van der Waals surface area contributed by atoms with Crippen LogP contribution in [-0.2, 0) is 11.2 Å². The van der Waals surface area contributed by atoms with Crippen LogP contribution in [0.2, 0.25) is 0 Å². The Labute approximate surface area is 116 Å². The number of nitrogens with one attached hydrogen (secondary N) is 2. The molecule has 110 valence electrons. The lowest BCUT2D eigenvalue weighted by atomic mass is 10.1. The number of H-pyrrole nitrogens is 1. The van der Waals surface area contributed by atoms with Crippen molar-refractivity contribution < 1.29 is 14.7 Å². The SMILES string of the molecule is CN1CCN(C(=O)NC(Cc2cnc[nH]2)C(=O)O)CC1. The van der Waals surface area contributed by atoms with Crippen molar-refractivity contribution in [3.8, 4) is 0 Å². The Kier molecular flexibility index (Phi) is 4.57. The van der Waals surface area contributed by atoms with E-state index in [4.69, 9.17) is 0 Å². The lowest BCUT2D eigenvalue weighted by Gasteiger charge is -2.33. The van der Waals surface area contributed by atoms with Crippen molar-refractivity contribution in [3.05, 3.63) is 18.2 Å². The number of aliphatic carboxylic acids is 1.